The summed E-state index contributed by atoms with van der Waals surface area (Å²) in [5.74, 6) is 1.22. The van der Waals surface area contributed by atoms with Crippen LogP contribution < -0.4 is 5.32 Å². The fourth-order valence-corrected chi connectivity index (χ4v) is 1.79. The van der Waals surface area contributed by atoms with Crippen LogP contribution in [0.25, 0.3) is 0 Å². The Labute approximate surface area is 93.9 Å². The Bertz CT molecular complexity index is 279. The van der Waals surface area contributed by atoms with E-state index in [1.54, 1.807) is 0 Å². The Morgan fingerprint density at radius 2 is 1.40 bits per heavy atom. The second-order valence-corrected chi connectivity index (χ2v) is 5.08. The average molecular weight is 205 g/mol. The van der Waals surface area contributed by atoms with Crippen molar-refractivity contribution in [3.63, 3.8) is 0 Å². The zero-order chi connectivity index (χ0) is 11.5. The maximum absolute atomic E-state index is 3.65. The van der Waals surface area contributed by atoms with Gasteiger partial charge in [-0.3, -0.25) is 0 Å². The van der Waals surface area contributed by atoms with Gasteiger partial charge in [-0.15, -0.1) is 0 Å². The first-order valence-electron chi connectivity index (χ1n) is 5.80. The highest BCUT2D eigenvalue weighted by atomic mass is 15.0. The van der Waals surface area contributed by atoms with Crippen molar-refractivity contribution >= 4 is 5.69 Å². The lowest BCUT2D eigenvalue weighted by molar-refractivity contribution is 0.279. The van der Waals surface area contributed by atoms with Crippen LogP contribution in [0, 0.1) is 11.8 Å². The second-order valence-electron chi connectivity index (χ2n) is 5.08. The van der Waals surface area contributed by atoms with Gasteiger partial charge in [-0.2, -0.15) is 0 Å². The van der Waals surface area contributed by atoms with Gasteiger partial charge in [-0.1, -0.05) is 45.9 Å². The van der Waals surface area contributed by atoms with Crippen molar-refractivity contribution in [2.45, 2.75) is 40.2 Å². The van der Waals surface area contributed by atoms with Crippen molar-refractivity contribution < 1.29 is 0 Å². The van der Waals surface area contributed by atoms with Gasteiger partial charge in [-0.05, 0) is 30.9 Å². The van der Waals surface area contributed by atoms with Gasteiger partial charge in [0.2, 0.25) is 0 Å². The van der Waals surface area contributed by atoms with E-state index in [-0.39, 0.29) is 5.54 Å². The third-order valence-electron chi connectivity index (χ3n) is 3.59. The third-order valence-corrected chi connectivity index (χ3v) is 3.59. The Morgan fingerprint density at radius 1 is 0.933 bits per heavy atom. The van der Waals surface area contributed by atoms with Crippen molar-refractivity contribution in [3.8, 4) is 0 Å². The minimum atomic E-state index is 0.154. The molecule has 1 aromatic rings. The SMILES string of the molecule is CC(C)C(C)(Nc1ccccc1)C(C)C. The number of nitrogens with one attached hydrogen (secondary N) is 1. The van der Waals surface area contributed by atoms with Crippen LogP contribution in [0.5, 0.6) is 0 Å². The van der Waals surface area contributed by atoms with Crippen molar-refractivity contribution in [2.75, 3.05) is 5.32 Å². The highest BCUT2D eigenvalue weighted by Gasteiger charge is 2.31. The summed E-state index contributed by atoms with van der Waals surface area (Å²) in [5.41, 5.74) is 1.36. The van der Waals surface area contributed by atoms with E-state index in [9.17, 15) is 0 Å². The number of hydrogen-bond donors (Lipinski definition) is 1. The lowest BCUT2D eigenvalue weighted by atomic mass is 9.78. The van der Waals surface area contributed by atoms with E-state index in [1.165, 1.54) is 5.69 Å². The average Bonchev–Trinajstić information content (AvgIpc) is 2.18. The van der Waals surface area contributed by atoms with Gasteiger partial charge in [0.25, 0.3) is 0 Å². The molecule has 0 aliphatic carbocycles. The quantitative estimate of drug-likeness (QED) is 0.778. The molecule has 1 rings (SSSR count). The molecule has 1 aromatic carbocycles. The highest BCUT2D eigenvalue weighted by Crippen LogP contribution is 2.29. The maximum Gasteiger partial charge on any atom is 0.0391 e. The van der Waals surface area contributed by atoms with Crippen molar-refractivity contribution in [3.05, 3.63) is 30.3 Å². The molecule has 1 nitrogen and oxygen atoms in total. The van der Waals surface area contributed by atoms with Crippen LogP contribution in [0.2, 0.25) is 0 Å². The molecular weight excluding hydrogens is 182 g/mol. The first kappa shape index (κ1) is 12.1. The number of anilines is 1. The largest absolute Gasteiger partial charge is 0.379 e. The molecule has 0 unspecified atom stereocenters. The Morgan fingerprint density at radius 3 is 1.80 bits per heavy atom. The van der Waals surface area contributed by atoms with Crippen molar-refractivity contribution in [2.24, 2.45) is 11.8 Å². The molecule has 0 bridgehead atoms. The summed E-state index contributed by atoms with van der Waals surface area (Å²) in [5, 5.41) is 3.65. The summed E-state index contributed by atoms with van der Waals surface area (Å²) in [4.78, 5) is 0. The minimum Gasteiger partial charge on any atom is -0.379 e. The Hall–Kier alpha value is -0.980. The van der Waals surface area contributed by atoms with E-state index in [2.05, 4.69) is 64.2 Å². The predicted octanol–water partition coefficient (Wildman–Crippen LogP) is 4.17. The first-order valence-corrected chi connectivity index (χ1v) is 5.80. The van der Waals surface area contributed by atoms with Gasteiger partial charge in [0.1, 0.15) is 0 Å². The summed E-state index contributed by atoms with van der Waals surface area (Å²) in [7, 11) is 0. The van der Waals surface area contributed by atoms with Crippen LogP contribution in [0.4, 0.5) is 5.69 Å². The summed E-state index contributed by atoms with van der Waals surface area (Å²) in [6.45, 7) is 11.4. The summed E-state index contributed by atoms with van der Waals surface area (Å²) < 4.78 is 0. The minimum absolute atomic E-state index is 0.154. The fourth-order valence-electron chi connectivity index (χ4n) is 1.79. The van der Waals surface area contributed by atoms with E-state index in [1.807, 2.05) is 6.07 Å². The molecule has 0 fully saturated rings. The van der Waals surface area contributed by atoms with Gasteiger partial charge >= 0.3 is 0 Å². The topological polar surface area (TPSA) is 12.0 Å². The molecule has 0 amide bonds. The van der Waals surface area contributed by atoms with E-state index in [0.717, 1.165) is 0 Å². The Kier molecular flexibility index (Phi) is 3.78. The van der Waals surface area contributed by atoms with Crippen molar-refractivity contribution in [1.29, 1.82) is 0 Å². The molecule has 0 aliphatic rings. The number of rotatable bonds is 4. The molecule has 15 heavy (non-hydrogen) atoms. The van der Waals surface area contributed by atoms with E-state index < -0.39 is 0 Å². The number of para-hydroxylation sites is 1. The summed E-state index contributed by atoms with van der Waals surface area (Å²) in [6.07, 6.45) is 0. The molecule has 0 saturated carbocycles. The standard InChI is InChI=1S/C14H23N/c1-11(2)14(5,12(3)4)15-13-9-7-6-8-10-13/h6-12,15H,1-5H3. The molecule has 0 atom stereocenters. The van der Waals surface area contributed by atoms with Crippen LogP contribution in [-0.4, -0.2) is 5.54 Å². The smallest absolute Gasteiger partial charge is 0.0391 e. The van der Waals surface area contributed by atoms with Gasteiger partial charge in [0.05, 0.1) is 0 Å². The van der Waals surface area contributed by atoms with E-state index >= 15 is 0 Å². The zero-order valence-electron chi connectivity index (χ0n) is 10.5. The zero-order valence-corrected chi connectivity index (χ0v) is 10.5. The lowest BCUT2D eigenvalue weighted by Gasteiger charge is -2.39. The highest BCUT2D eigenvalue weighted by molar-refractivity contribution is 5.45. The van der Waals surface area contributed by atoms with Crippen LogP contribution in [0.3, 0.4) is 0 Å². The van der Waals surface area contributed by atoms with E-state index in [0.29, 0.717) is 11.8 Å². The van der Waals surface area contributed by atoms with Crippen molar-refractivity contribution in [1.82, 2.24) is 0 Å². The molecule has 0 radical (unpaired) electrons. The van der Waals surface area contributed by atoms with Crippen LogP contribution >= 0.6 is 0 Å². The molecule has 1 N–H and O–H groups in total. The summed E-state index contributed by atoms with van der Waals surface area (Å²) >= 11 is 0. The van der Waals surface area contributed by atoms with Crippen LogP contribution in [0.15, 0.2) is 30.3 Å². The third kappa shape index (κ3) is 2.74. The number of hydrogen-bond acceptors (Lipinski definition) is 1. The maximum atomic E-state index is 3.65. The predicted molar refractivity (Wildman–Crippen MR) is 68.1 cm³/mol. The second kappa shape index (κ2) is 4.69. The lowest BCUT2D eigenvalue weighted by Crippen LogP contribution is -2.45. The number of benzene rings is 1. The van der Waals surface area contributed by atoms with Gasteiger partial charge in [0, 0.05) is 11.2 Å². The molecule has 84 valence electrons. The first-order chi connectivity index (χ1) is 6.97. The van der Waals surface area contributed by atoms with Crippen LogP contribution in [-0.2, 0) is 0 Å². The molecular formula is C14H23N. The van der Waals surface area contributed by atoms with E-state index in [4.69, 9.17) is 0 Å². The van der Waals surface area contributed by atoms with Gasteiger partial charge < -0.3 is 5.32 Å². The normalized spacial score (nSPS) is 12.2. The Balaban J connectivity index is 2.85. The molecule has 0 spiro atoms. The molecule has 1 heteroatoms. The fraction of sp³-hybridized carbons (Fsp3) is 0.571. The van der Waals surface area contributed by atoms with Crippen LogP contribution in [0.1, 0.15) is 34.6 Å². The van der Waals surface area contributed by atoms with Gasteiger partial charge in [0.15, 0.2) is 0 Å². The molecule has 0 aliphatic heterocycles. The molecule has 0 saturated heterocycles. The summed E-state index contributed by atoms with van der Waals surface area (Å²) in [6, 6.07) is 10.5. The molecule has 0 heterocycles. The molecule has 0 aromatic heterocycles. The monoisotopic (exact) mass is 205 g/mol. The van der Waals surface area contributed by atoms with Gasteiger partial charge in [-0.25, -0.2) is 0 Å².